The maximum atomic E-state index is 4.56. The highest BCUT2D eigenvalue weighted by atomic mass is 15.3. The number of aryl methyl sites for hydroxylation is 2. The van der Waals surface area contributed by atoms with Crippen molar-refractivity contribution in [1.29, 1.82) is 0 Å². The molecule has 0 radical (unpaired) electrons. The van der Waals surface area contributed by atoms with E-state index < -0.39 is 0 Å². The van der Waals surface area contributed by atoms with Crippen LogP contribution in [-0.2, 0) is 7.05 Å². The third-order valence-electron chi connectivity index (χ3n) is 5.47. The number of nitrogens with zero attached hydrogens (tertiary/aromatic N) is 6. The van der Waals surface area contributed by atoms with Gasteiger partial charge in [-0.2, -0.15) is 5.10 Å². The Bertz CT molecular complexity index is 787. The Labute approximate surface area is 174 Å². The summed E-state index contributed by atoms with van der Waals surface area (Å²) in [5.41, 5.74) is 2.39. The van der Waals surface area contributed by atoms with Gasteiger partial charge in [0.05, 0.1) is 12.2 Å². The van der Waals surface area contributed by atoms with Crippen LogP contribution in [0.1, 0.15) is 30.0 Å². The molecule has 8 heteroatoms. The van der Waals surface area contributed by atoms with Gasteiger partial charge < -0.3 is 20.4 Å². The van der Waals surface area contributed by atoms with Crippen LogP contribution in [0, 0.1) is 6.92 Å². The van der Waals surface area contributed by atoms with E-state index in [1.165, 1.54) is 11.1 Å². The fourth-order valence-corrected chi connectivity index (χ4v) is 3.69. The Kier molecular flexibility index (Phi) is 7.09. The largest absolute Gasteiger partial charge is 0.356 e. The molecule has 1 saturated heterocycles. The van der Waals surface area contributed by atoms with Crippen LogP contribution in [0.2, 0.25) is 0 Å². The zero-order valence-electron chi connectivity index (χ0n) is 18.3. The molecule has 158 valence electrons. The van der Waals surface area contributed by atoms with Crippen molar-refractivity contribution in [3.05, 3.63) is 41.9 Å². The van der Waals surface area contributed by atoms with E-state index in [0.717, 1.165) is 44.3 Å². The quantitative estimate of drug-likeness (QED) is 0.568. The minimum atomic E-state index is 0.233. The van der Waals surface area contributed by atoms with Gasteiger partial charge in [-0.05, 0) is 45.5 Å². The highest BCUT2D eigenvalue weighted by Crippen LogP contribution is 2.18. The summed E-state index contributed by atoms with van der Waals surface area (Å²) in [4.78, 5) is 13.5. The molecule has 0 amide bonds. The van der Waals surface area contributed by atoms with E-state index in [2.05, 4.69) is 74.9 Å². The first kappa shape index (κ1) is 21.1. The molecule has 0 spiro atoms. The van der Waals surface area contributed by atoms with Gasteiger partial charge >= 0.3 is 0 Å². The van der Waals surface area contributed by atoms with Crippen molar-refractivity contribution in [3.8, 4) is 0 Å². The number of aromatic nitrogens is 3. The van der Waals surface area contributed by atoms with Crippen LogP contribution in [0.25, 0.3) is 0 Å². The molecule has 3 rings (SSSR count). The summed E-state index contributed by atoms with van der Waals surface area (Å²) < 4.78 is 1.84. The second kappa shape index (κ2) is 9.73. The SMILES string of the molecule is CN=C(NCC(c1cnn(C)c1)N(C)C)NC1CCN(c2ccc(C)cn2)CC1. The summed E-state index contributed by atoms with van der Waals surface area (Å²) in [6, 6.07) is 4.89. The number of nitrogens with one attached hydrogen (secondary N) is 2. The molecule has 3 heterocycles. The van der Waals surface area contributed by atoms with Crippen molar-refractivity contribution in [1.82, 2.24) is 30.3 Å². The van der Waals surface area contributed by atoms with Crippen LogP contribution < -0.4 is 15.5 Å². The van der Waals surface area contributed by atoms with Crippen LogP contribution in [0.5, 0.6) is 0 Å². The molecule has 1 unspecified atom stereocenters. The maximum Gasteiger partial charge on any atom is 0.191 e. The molecule has 2 aromatic rings. The number of hydrogen-bond donors (Lipinski definition) is 2. The van der Waals surface area contributed by atoms with Crippen LogP contribution in [0.4, 0.5) is 5.82 Å². The molecule has 0 aliphatic carbocycles. The first-order valence-corrected chi connectivity index (χ1v) is 10.3. The Morgan fingerprint density at radius 3 is 2.59 bits per heavy atom. The van der Waals surface area contributed by atoms with Gasteiger partial charge in [0.15, 0.2) is 5.96 Å². The number of anilines is 1. The Balaban J connectivity index is 1.49. The van der Waals surface area contributed by atoms with Gasteiger partial charge in [-0.1, -0.05) is 6.07 Å². The molecule has 0 saturated carbocycles. The summed E-state index contributed by atoms with van der Waals surface area (Å²) in [6.45, 7) is 4.84. The third-order valence-corrected chi connectivity index (χ3v) is 5.47. The molecule has 0 aromatic carbocycles. The van der Waals surface area contributed by atoms with Crippen molar-refractivity contribution in [2.24, 2.45) is 12.0 Å². The third kappa shape index (κ3) is 5.69. The molecule has 1 fully saturated rings. The molecule has 1 aliphatic rings. The number of guanidine groups is 1. The average molecular weight is 399 g/mol. The molecular weight excluding hydrogens is 364 g/mol. The number of likely N-dealkylation sites (N-methyl/N-ethyl adjacent to an activating group) is 1. The Hall–Kier alpha value is -2.61. The predicted molar refractivity (Wildman–Crippen MR) is 118 cm³/mol. The smallest absolute Gasteiger partial charge is 0.191 e. The van der Waals surface area contributed by atoms with Crippen LogP contribution >= 0.6 is 0 Å². The zero-order valence-corrected chi connectivity index (χ0v) is 18.3. The fourth-order valence-electron chi connectivity index (χ4n) is 3.69. The zero-order chi connectivity index (χ0) is 20.8. The summed E-state index contributed by atoms with van der Waals surface area (Å²) in [5.74, 6) is 1.93. The van der Waals surface area contributed by atoms with Gasteiger partial charge in [0, 0.05) is 57.7 Å². The monoisotopic (exact) mass is 398 g/mol. The number of pyridine rings is 1. The molecule has 8 nitrogen and oxygen atoms in total. The first-order valence-electron chi connectivity index (χ1n) is 10.3. The van der Waals surface area contributed by atoms with Gasteiger partial charge in [0.1, 0.15) is 5.82 Å². The number of piperidine rings is 1. The van der Waals surface area contributed by atoms with E-state index in [9.17, 15) is 0 Å². The average Bonchev–Trinajstić information content (AvgIpc) is 3.14. The lowest BCUT2D eigenvalue weighted by molar-refractivity contribution is 0.297. The van der Waals surface area contributed by atoms with Gasteiger partial charge in [0.2, 0.25) is 0 Å². The van der Waals surface area contributed by atoms with Crippen molar-refractivity contribution >= 4 is 11.8 Å². The van der Waals surface area contributed by atoms with Crippen molar-refractivity contribution in [3.63, 3.8) is 0 Å². The molecule has 29 heavy (non-hydrogen) atoms. The maximum absolute atomic E-state index is 4.56. The Morgan fingerprint density at radius 1 is 1.28 bits per heavy atom. The summed E-state index contributed by atoms with van der Waals surface area (Å²) in [5, 5.41) is 11.4. The molecule has 2 N–H and O–H groups in total. The highest BCUT2D eigenvalue weighted by molar-refractivity contribution is 5.80. The van der Waals surface area contributed by atoms with Crippen LogP contribution in [0.3, 0.4) is 0 Å². The van der Waals surface area contributed by atoms with Crippen molar-refractivity contribution in [2.45, 2.75) is 31.8 Å². The lowest BCUT2D eigenvalue weighted by Gasteiger charge is -2.34. The molecular formula is C21H34N8. The van der Waals surface area contributed by atoms with Gasteiger partial charge in [-0.25, -0.2) is 4.98 Å². The van der Waals surface area contributed by atoms with Gasteiger partial charge in [-0.15, -0.1) is 0 Å². The van der Waals surface area contributed by atoms with E-state index in [-0.39, 0.29) is 6.04 Å². The number of hydrogen-bond acceptors (Lipinski definition) is 5. The summed E-state index contributed by atoms with van der Waals surface area (Å²) in [6.07, 6.45) is 8.07. The second-order valence-corrected chi connectivity index (χ2v) is 7.98. The Morgan fingerprint density at radius 2 is 2.03 bits per heavy atom. The van der Waals surface area contributed by atoms with Crippen molar-refractivity contribution < 1.29 is 0 Å². The van der Waals surface area contributed by atoms with E-state index in [1.807, 2.05) is 31.2 Å². The van der Waals surface area contributed by atoms with Crippen LogP contribution in [-0.4, -0.2) is 72.4 Å². The predicted octanol–water partition coefficient (Wildman–Crippen LogP) is 1.56. The second-order valence-electron chi connectivity index (χ2n) is 7.98. The fraction of sp³-hybridized carbons (Fsp3) is 0.571. The highest BCUT2D eigenvalue weighted by Gasteiger charge is 2.22. The van der Waals surface area contributed by atoms with Crippen LogP contribution in [0.15, 0.2) is 35.7 Å². The van der Waals surface area contributed by atoms with Gasteiger partial charge in [-0.3, -0.25) is 9.67 Å². The lowest BCUT2D eigenvalue weighted by Crippen LogP contribution is -2.50. The number of rotatable bonds is 6. The topological polar surface area (TPSA) is 73.6 Å². The summed E-state index contributed by atoms with van der Waals surface area (Å²) in [7, 11) is 7.95. The minimum Gasteiger partial charge on any atom is -0.356 e. The van der Waals surface area contributed by atoms with E-state index in [0.29, 0.717) is 6.04 Å². The molecule has 2 aromatic heterocycles. The van der Waals surface area contributed by atoms with E-state index in [1.54, 1.807) is 0 Å². The lowest BCUT2D eigenvalue weighted by atomic mass is 10.1. The molecule has 1 atom stereocenters. The minimum absolute atomic E-state index is 0.233. The standard InChI is InChI=1S/C21H34N8/c1-16-6-7-20(23-12-16)29-10-8-18(9-11-29)26-21(22-2)24-14-19(27(3)4)17-13-25-28(5)15-17/h6-7,12-13,15,18-19H,8-11,14H2,1-5H3,(H2,22,24,26). The molecule has 1 aliphatic heterocycles. The molecule has 0 bridgehead atoms. The number of aliphatic imine (C=N–C) groups is 1. The van der Waals surface area contributed by atoms with Gasteiger partial charge in [0.25, 0.3) is 0 Å². The first-order chi connectivity index (χ1) is 14.0. The van der Waals surface area contributed by atoms with E-state index >= 15 is 0 Å². The normalized spacial score (nSPS) is 16.9. The van der Waals surface area contributed by atoms with E-state index in [4.69, 9.17) is 0 Å². The summed E-state index contributed by atoms with van der Waals surface area (Å²) >= 11 is 0. The van der Waals surface area contributed by atoms with Crippen molar-refractivity contribution in [2.75, 3.05) is 45.7 Å².